The second-order valence-electron chi connectivity index (χ2n) is 10.1. The van der Waals surface area contributed by atoms with Crippen molar-refractivity contribution in [1.82, 2.24) is 5.32 Å². The van der Waals surface area contributed by atoms with Gasteiger partial charge in [0.15, 0.2) is 0 Å². The Balaban J connectivity index is 2.44. The molecule has 0 spiro atoms. The lowest BCUT2D eigenvalue weighted by molar-refractivity contribution is -0.141. The molecule has 0 heterocycles. The van der Waals surface area contributed by atoms with Crippen LogP contribution in [0.2, 0.25) is 5.04 Å². The SMILES string of the molecule is COC(=O)C[C@@H](CO[Si](c1ccccc1)(c1ccccc1)C(C)(C)C)NC(=O)OC(C)(C)C. The summed E-state index contributed by atoms with van der Waals surface area (Å²) in [5.74, 6) is -0.429. The van der Waals surface area contributed by atoms with Crippen LogP contribution >= 0.6 is 0 Å². The molecule has 2 aromatic carbocycles. The lowest BCUT2D eigenvalue weighted by Gasteiger charge is -2.43. The van der Waals surface area contributed by atoms with Gasteiger partial charge in [0.1, 0.15) is 5.60 Å². The molecule has 1 N–H and O–H groups in total. The van der Waals surface area contributed by atoms with Crippen LogP contribution in [-0.2, 0) is 18.7 Å². The number of alkyl carbamates (subject to hydrolysis) is 1. The third kappa shape index (κ3) is 7.17. The van der Waals surface area contributed by atoms with Crippen LogP contribution in [0.1, 0.15) is 48.0 Å². The fourth-order valence-corrected chi connectivity index (χ4v) is 8.50. The van der Waals surface area contributed by atoms with Crippen LogP contribution in [0.15, 0.2) is 60.7 Å². The first-order valence-corrected chi connectivity index (χ1v) is 13.1. The summed E-state index contributed by atoms with van der Waals surface area (Å²) in [6.07, 6.45) is -0.615. The molecule has 0 saturated carbocycles. The smallest absolute Gasteiger partial charge is 0.407 e. The zero-order valence-electron chi connectivity index (χ0n) is 20.8. The lowest BCUT2D eigenvalue weighted by atomic mass is 10.2. The molecule has 0 aliphatic heterocycles. The summed E-state index contributed by atoms with van der Waals surface area (Å²) in [5.41, 5.74) is -0.654. The molecule has 180 valence electrons. The maximum atomic E-state index is 12.5. The summed E-state index contributed by atoms with van der Waals surface area (Å²) in [6, 6.07) is 19.8. The Hall–Kier alpha value is -2.64. The third-order valence-electron chi connectivity index (χ3n) is 5.28. The number of esters is 1. The van der Waals surface area contributed by atoms with E-state index in [9.17, 15) is 9.59 Å². The standard InChI is InChI=1S/C26H37NO5Si/c1-25(2,3)32-24(29)27-20(18-23(28)30-7)19-31-33(26(4,5)6,21-14-10-8-11-15-21)22-16-12-9-13-17-22/h8-17,20H,18-19H2,1-7H3,(H,27,29)/t20-/m0/s1. The number of ether oxygens (including phenoxy) is 2. The zero-order valence-corrected chi connectivity index (χ0v) is 21.8. The van der Waals surface area contributed by atoms with Crippen LogP contribution < -0.4 is 15.7 Å². The number of hydrogen-bond acceptors (Lipinski definition) is 5. The Bertz CT molecular complexity index is 864. The molecule has 0 aromatic heterocycles. The number of amides is 1. The number of methoxy groups -OCH3 is 1. The van der Waals surface area contributed by atoms with Gasteiger partial charge < -0.3 is 19.2 Å². The van der Waals surface area contributed by atoms with Crippen LogP contribution in [-0.4, -0.2) is 45.7 Å². The van der Waals surface area contributed by atoms with Crippen LogP contribution in [0.25, 0.3) is 0 Å². The highest BCUT2D eigenvalue weighted by Gasteiger charge is 2.50. The second kappa shape index (κ2) is 11.0. The Morgan fingerprint density at radius 3 is 1.76 bits per heavy atom. The highest BCUT2D eigenvalue weighted by atomic mass is 28.4. The minimum absolute atomic E-state index is 0.0199. The molecule has 0 aliphatic carbocycles. The van der Waals surface area contributed by atoms with Crippen molar-refractivity contribution in [2.24, 2.45) is 0 Å². The van der Waals surface area contributed by atoms with Crippen molar-refractivity contribution in [3.05, 3.63) is 60.7 Å². The van der Waals surface area contributed by atoms with Gasteiger partial charge in [0, 0.05) is 0 Å². The molecule has 0 radical (unpaired) electrons. The fourth-order valence-electron chi connectivity index (χ4n) is 3.90. The molecule has 6 nitrogen and oxygen atoms in total. The third-order valence-corrected chi connectivity index (χ3v) is 10.3. The van der Waals surface area contributed by atoms with Crippen LogP contribution in [0.5, 0.6) is 0 Å². The maximum Gasteiger partial charge on any atom is 0.407 e. The molecular weight excluding hydrogens is 434 g/mol. The molecule has 0 aliphatic rings. The Kier molecular flexibility index (Phi) is 8.86. The minimum Gasteiger partial charge on any atom is -0.469 e. The van der Waals surface area contributed by atoms with Crippen LogP contribution in [0, 0.1) is 0 Å². The molecule has 1 atom stereocenters. The van der Waals surface area contributed by atoms with Gasteiger partial charge >= 0.3 is 12.1 Å². The van der Waals surface area contributed by atoms with Gasteiger partial charge in [-0.2, -0.15) is 0 Å². The fraction of sp³-hybridized carbons (Fsp3) is 0.462. The maximum absolute atomic E-state index is 12.5. The predicted molar refractivity (Wildman–Crippen MR) is 133 cm³/mol. The quantitative estimate of drug-likeness (QED) is 0.465. The van der Waals surface area contributed by atoms with Crippen molar-refractivity contribution in [1.29, 1.82) is 0 Å². The average molecular weight is 472 g/mol. The van der Waals surface area contributed by atoms with Gasteiger partial charge in [0.05, 0.1) is 26.2 Å². The van der Waals surface area contributed by atoms with E-state index in [-0.39, 0.29) is 18.1 Å². The van der Waals surface area contributed by atoms with Crippen molar-refractivity contribution in [2.75, 3.05) is 13.7 Å². The number of carbonyl (C=O) groups is 2. The van der Waals surface area contributed by atoms with Crippen molar-refractivity contribution in [3.63, 3.8) is 0 Å². The summed E-state index contributed by atoms with van der Waals surface area (Å²) in [4.78, 5) is 24.6. The summed E-state index contributed by atoms with van der Waals surface area (Å²) >= 11 is 0. The van der Waals surface area contributed by atoms with Crippen molar-refractivity contribution < 1.29 is 23.5 Å². The van der Waals surface area contributed by atoms with E-state index in [0.717, 1.165) is 10.4 Å². The molecule has 33 heavy (non-hydrogen) atoms. The zero-order chi connectivity index (χ0) is 24.7. The molecule has 0 saturated heterocycles. The van der Waals surface area contributed by atoms with Crippen molar-refractivity contribution >= 4 is 30.8 Å². The van der Waals surface area contributed by atoms with E-state index in [1.54, 1.807) is 20.8 Å². The van der Waals surface area contributed by atoms with Crippen molar-refractivity contribution in [3.8, 4) is 0 Å². The summed E-state index contributed by atoms with van der Waals surface area (Å²) in [6.45, 7) is 12.0. The first-order chi connectivity index (χ1) is 15.4. The first kappa shape index (κ1) is 26.6. The van der Waals surface area contributed by atoms with Gasteiger partial charge in [-0.3, -0.25) is 4.79 Å². The summed E-state index contributed by atoms with van der Waals surface area (Å²) in [7, 11) is -1.49. The summed E-state index contributed by atoms with van der Waals surface area (Å²) in [5, 5.41) is 4.82. The Morgan fingerprint density at radius 2 is 1.36 bits per heavy atom. The van der Waals surface area contributed by atoms with E-state index in [1.807, 2.05) is 36.4 Å². The predicted octanol–water partition coefficient (Wildman–Crippen LogP) is 4.02. The first-order valence-electron chi connectivity index (χ1n) is 11.2. The number of carbonyl (C=O) groups excluding carboxylic acids is 2. The molecular formula is C26H37NO5Si. The average Bonchev–Trinajstić information content (AvgIpc) is 2.73. The van der Waals surface area contributed by atoms with E-state index in [1.165, 1.54) is 7.11 Å². The van der Waals surface area contributed by atoms with Crippen LogP contribution in [0.4, 0.5) is 4.79 Å². The Morgan fingerprint density at radius 1 is 0.879 bits per heavy atom. The number of nitrogens with one attached hydrogen (secondary N) is 1. The van der Waals surface area contributed by atoms with E-state index in [0.29, 0.717) is 0 Å². The lowest BCUT2D eigenvalue weighted by Crippen LogP contribution is -2.67. The normalized spacial score (nSPS) is 13.2. The Labute approximate surface area is 198 Å². The number of benzene rings is 2. The van der Waals surface area contributed by atoms with Gasteiger partial charge in [-0.25, -0.2) is 4.79 Å². The largest absolute Gasteiger partial charge is 0.469 e. The topological polar surface area (TPSA) is 73.9 Å². The van der Waals surface area contributed by atoms with Gasteiger partial charge in [-0.1, -0.05) is 81.4 Å². The van der Waals surface area contributed by atoms with Gasteiger partial charge in [-0.15, -0.1) is 0 Å². The van der Waals surface area contributed by atoms with E-state index < -0.39 is 32.0 Å². The van der Waals surface area contributed by atoms with Crippen LogP contribution in [0.3, 0.4) is 0 Å². The molecule has 0 unspecified atom stereocenters. The number of rotatable bonds is 8. The monoisotopic (exact) mass is 471 g/mol. The van der Waals surface area contributed by atoms with Crippen molar-refractivity contribution in [2.45, 2.75) is 64.6 Å². The van der Waals surface area contributed by atoms with Gasteiger partial charge in [0.2, 0.25) is 0 Å². The van der Waals surface area contributed by atoms with Gasteiger partial charge in [0.25, 0.3) is 8.32 Å². The molecule has 1 amide bonds. The van der Waals surface area contributed by atoms with E-state index in [2.05, 4.69) is 50.4 Å². The van der Waals surface area contributed by atoms with E-state index in [4.69, 9.17) is 13.9 Å². The summed E-state index contributed by atoms with van der Waals surface area (Å²) < 4.78 is 17.1. The minimum atomic E-state index is -2.82. The molecule has 2 rings (SSSR count). The molecule has 0 fully saturated rings. The molecule has 7 heteroatoms. The molecule has 0 bridgehead atoms. The second-order valence-corrected chi connectivity index (χ2v) is 14.4. The number of hydrogen-bond donors (Lipinski definition) is 1. The van der Waals surface area contributed by atoms with Gasteiger partial charge in [-0.05, 0) is 36.2 Å². The van der Waals surface area contributed by atoms with E-state index >= 15 is 0 Å². The highest BCUT2D eigenvalue weighted by molar-refractivity contribution is 6.99. The highest BCUT2D eigenvalue weighted by Crippen LogP contribution is 2.36. The molecule has 2 aromatic rings.